The fourth-order valence-electron chi connectivity index (χ4n) is 2.36. The summed E-state index contributed by atoms with van der Waals surface area (Å²) in [6.45, 7) is 11.3. The Morgan fingerprint density at radius 3 is 2.30 bits per heavy atom. The van der Waals surface area contributed by atoms with Crippen molar-refractivity contribution in [2.75, 3.05) is 13.7 Å². The Kier molecular flexibility index (Phi) is 12.0. The number of allylic oxidation sites excluding steroid dienone is 3. The van der Waals surface area contributed by atoms with Crippen LogP contribution in [0.4, 0.5) is 0 Å². The van der Waals surface area contributed by atoms with E-state index in [-0.39, 0.29) is 0 Å². The van der Waals surface area contributed by atoms with Crippen LogP contribution in [-0.2, 0) is 16.5 Å². The van der Waals surface area contributed by atoms with Gasteiger partial charge in [-0.15, -0.1) is 6.58 Å². The lowest BCUT2D eigenvalue weighted by Gasteiger charge is -2.04. The van der Waals surface area contributed by atoms with Gasteiger partial charge in [0, 0.05) is 18.0 Å². The monoisotopic (exact) mass is 373 g/mol. The second kappa shape index (κ2) is 13.4. The molecule has 5 nitrogen and oxygen atoms in total. The summed E-state index contributed by atoms with van der Waals surface area (Å²) in [6.07, 6.45) is 5.55. The maximum absolute atomic E-state index is 11.8. The molecule has 1 aromatic carbocycles. The summed E-state index contributed by atoms with van der Waals surface area (Å²) < 4.78 is 11.5. The minimum Gasteiger partial charge on any atom is -0.502 e. The molecule has 0 N–H and O–H groups in total. The van der Waals surface area contributed by atoms with Crippen LogP contribution in [0, 0.1) is 0 Å². The Labute approximate surface area is 162 Å². The van der Waals surface area contributed by atoms with Crippen LogP contribution in [0.25, 0.3) is 10.9 Å². The van der Waals surface area contributed by atoms with Crippen molar-refractivity contribution >= 4 is 23.2 Å². The molecule has 0 radical (unpaired) electrons. The smallest absolute Gasteiger partial charge is 0.355 e. The number of benzene rings is 1. The molecule has 0 bridgehead atoms. The number of rotatable bonds is 5. The van der Waals surface area contributed by atoms with Crippen LogP contribution in [0.2, 0.25) is 0 Å². The van der Waals surface area contributed by atoms with Crippen molar-refractivity contribution in [2.45, 2.75) is 34.1 Å². The van der Waals surface area contributed by atoms with Crippen molar-refractivity contribution in [2.24, 2.45) is 7.05 Å². The molecule has 0 atom stereocenters. The van der Waals surface area contributed by atoms with E-state index >= 15 is 0 Å². The summed E-state index contributed by atoms with van der Waals surface area (Å²) in [7, 11) is 3.43. The van der Waals surface area contributed by atoms with Gasteiger partial charge in [0.25, 0.3) is 0 Å². The number of hydrogen-bond donors (Lipinski definition) is 0. The molecule has 0 aliphatic rings. The van der Waals surface area contributed by atoms with Gasteiger partial charge in [0.2, 0.25) is 0 Å². The SMILES string of the molecule is C=CC.CC/C=C(\C)OC.CCOC(=O)c1c(C=O)c2ccccc2n1C. The molecule has 0 amide bonds. The molecular formula is C22H31NO4. The van der Waals surface area contributed by atoms with Gasteiger partial charge >= 0.3 is 5.97 Å². The summed E-state index contributed by atoms with van der Waals surface area (Å²) >= 11 is 0. The van der Waals surface area contributed by atoms with E-state index in [0.717, 1.165) is 23.1 Å². The minimum absolute atomic E-state index is 0.290. The van der Waals surface area contributed by atoms with Crippen LogP contribution >= 0.6 is 0 Å². The zero-order valence-electron chi connectivity index (χ0n) is 17.2. The zero-order valence-corrected chi connectivity index (χ0v) is 17.2. The number of ether oxygens (including phenoxy) is 2. The Hall–Kier alpha value is -2.82. The number of para-hydroxylation sites is 1. The van der Waals surface area contributed by atoms with Crippen molar-refractivity contribution in [1.29, 1.82) is 0 Å². The maximum atomic E-state index is 11.8. The second-order valence-corrected chi connectivity index (χ2v) is 5.51. The third-order valence-corrected chi connectivity index (χ3v) is 3.55. The number of carbonyl (C=O) groups is 2. The minimum atomic E-state index is -0.465. The first-order valence-electron chi connectivity index (χ1n) is 8.90. The molecule has 0 saturated heterocycles. The van der Waals surface area contributed by atoms with Gasteiger partial charge in [0.1, 0.15) is 5.69 Å². The van der Waals surface area contributed by atoms with E-state index in [9.17, 15) is 9.59 Å². The molecule has 0 aliphatic carbocycles. The summed E-state index contributed by atoms with van der Waals surface area (Å²) in [5.41, 5.74) is 1.54. The summed E-state index contributed by atoms with van der Waals surface area (Å²) in [5, 5.41) is 0.771. The Morgan fingerprint density at radius 1 is 1.26 bits per heavy atom. The van der Waals surface area contributed by atoms with Gasteiger partial charge in [0.15, 0.2) is 6.29 Å². The van der Waals surface area contributed by atoms with E-state index in [1.807, 2.05) is 44.2 Å². The number of aldehydes is 1. The molecule has 1 heterocycles. The quantitative estimate of drug-likeness (QED) is 0.309. The van der Waals surface area contributed by atoms with E-state index in [1.54, 1.807) is 31.7 Å². The van der Waals surface area contributed by atoms with Crippen molar-refractivity contribution in [3.63, 3.8) is 0 Å². The predicted octanol–water partition coefficient (Wildman–Crippen LogP) is 5.31. The summed E-state index contributed by atoms with van der Waals surface area (Å²) in [4.78, 5) is 23.0. The van der Waals surface area contributed by atoms with Crippen LogP contribution in [0.15, 0.2) is 48.8 Å². The lowest BCUT2D eigenvalue weighted by Crippen LogP contribution is -2.11. The van der Waals surface area contributed by atoms with Crippen LogP contribution in [-0.4, -0.2) is 30.5 Å². The Bertz CT molecular complexity index is 772. The normalized spacial score (nSPS) is 10.1. The standard InChI is InChI=1S/C13H13NO3.C6H12O.C3H6/c1-3-17-13(16)12-10(8-15)9-6-4-5-7-11(9)14(12)2;1-4-5-6(2)7-3;1-3-2/h4-8H,3H2,1-2H3;5H,4H2,1-3H3;3H,1H2,2H3/b;6-5+;. The molecule has 148 valence electrons. The first-order chi connectivity index (χ1) is 12.9. The zero-order chi connectivity index (χ0) is 20.8. The fourth-order valence-corrected chi connectivity index (χ4v) is 2.36. The number of carbonyl (C=O) groups excluding carboxylic acids is 2. The highest BCUT2D eigenvalue weighted by Crippen LogP contribution is 2.24. The highest BCUT2D eigenvalue weighted by molar-refractivity contribution is 6.08. The largest absolute Gasteiger partial charge is 0.502 e. The molecule has 0 fully saturated rings. The molecule has 1 aromatic heterocycles. The van der Waals surface area contributed by atoms with Gasteiger partial charge < -0.3 is 14.0 Å². The number of esters is 1. The van der Waals surface area contributed by atoms with Gasteiger partial charge in [-0.25, -0.2) is 4.79 Å². The number of fused-ring (bicyclic) bond motifs is 1. The summed E-state index contributed by atoms with van der Waals surface area (Å²) in [5.74, 6) is 0.538. The van der Waals surface area contributed by atoms with E-state index in [2.05, 4.69) is 13.5 Å². The molecule has 27 heavy (non-hydrogen) atoms. The first kappa shape index (κ1) is 24.2. The lowest BCUT2D eigenvalue weighted by atomic mass is 10.1. The summed E-state index contributed by atoms with van der Waals surface area (Å²) in [6, 6.07) is 7.39. The van der Waals surface area contributed by atoms with Crippen LogP contribution in [0.3, 0.4) is 0 Å². The van der Waals surface area contributed by atoms with Gasteiger partial charge in [-0.2, -0.15) is 0 Å². The lowest BCUT2D eigenvalue weighted by molar-refractivity contribution is 0.0513. The third-order valence-electron chi connectivity index (χ3n) is 3.55. The number of aryl methyl sites for hydroxylation is 1. The molecular weight excluding hydrogens is 342 g/mol. The topological polar surface area (TPSA) is 57.5 Å². The van der Waals surface area contributed by atoms with E-state index in [0.29, 0.717) is 24.2 Å². The third kappa shape index (κ3) is 7.13. The van der Waals surface area contributed by atoms with Crippen molar-refractivity contribution in [3.8, 4) is 0 Å². The molecule has 2 aromatic rings. The number of methoxy groups -OCH3 is 1. The van der Waals surface area contributed by atoms with Crippen LogP contribution in [0.1, 0.15) is 55.0 Å². The van der Waals surface area contributed by atoms with E-state index in [1.165, 1.54) is 0 Å². The predicted molar refractivity (Wildman–Crippen MR) is 111 cm³/mol. The van der Waals surface area contributed by atoms with E-state index in [4.69, 9.17) is 9.47 Å². The van der Waals surface area contributed by atoms with Gasteiger partial charge in [-0.05, 0) is 39.3 Å². The highest BCUT2D eigenvalue weighted by atomic mass is 16.5. The maximum Gasteiger partial charge on any atom is 0.355 e. The van der Waals surface area contributed by atoms with Crippen molar-refractivity contribution in [1.82, 2.24) is 4.57 Å². The van der Waals surface area contributed by atoms with Gasteiger partial charge in [-0.3, -0.25) is 4.79 Å². The van der Waals surface area contributed by atoms with Crippen LogP contribution < -0.4 is 0 Å². The number of hydrogen-bond acceptors (Lipinski definition) is 4. The first-order valence-corrected chi connectivity index (χ1v) is 8.90. The molecule has 0 saturated carbocycles. The molecule has 0 spiro atoms. The molecule has 2 rings (SSSR count). The molecule has 5 heteroatoms. The number of nitrogens with zero attached hydrogens (tertiary/aromatic N) is 1. The average molecular weight is 373 g/mol. The van der Waals surface area contributed by atoms with Gasteiger partial charge in [-0.1, -0.05) is 31.2 Å². The van der Waals surface area contributed by atoms with E-state index < -0.39 is 5.97 Å². The van der Waals surface area contributed by atoms with Gasteiger partial charge in [0.05, 0.1) is 25.0 Å². The Morgan fingerprint density at radius 2 is 1.85 bits per heavy atom. The fraction of sp³-hybridized carbons (Fsp3) is 0.364. The van der Waals surface area contributed by atoms with Crippen molar-refractivity contribution in [3.05, 3.63) is 60.0 Å². The highest BCUT2D eigenvalue weighted by Gasteiger charge is 2.21. The second-order valence-electron chi connectivity index (χ2n) is 5.51. The number of aromatic nitrogens is 1. The Balaban J connectivity index is 0.000000568. The van der Waals surface area contributed by atoms with Crippen molar-refractivity contribution < 1.29 is 19.1 Å². The molecule has 0 aliphatic heterocycles. The van der Waals surface area contributed by atoms with Crippen LogP contribution in [0.5, 0.6) is 0 Å². The average Bonchev–Trinajstić information content (AvgIpc) is 2.95. The molecule has 0 unspecified atom stereocenters.